The third kappa shape index (κ3) is 10.7. The van der Waals surface area contributed by atoms with E-state index in [1.807, 2.05) is 25.2 Å². The fraction of sp³-hybridized carbons (Fsp3) is 0.323. The summed E-state index contributed by atoms with van der Waals surface area (Å²) in [4.78, 5) is 33.7. The van der Waals surface area contributed by atoms with Crippen LogP contribution in [0, 0.1) is 11.3 Å². The number of nitriles is 1. The van der Waals surface area contributed by atoms with Gasteiger partial charge in [0.15, 0.2) is 5.69 Å². The number of rotatable bonds is 7. The molecule has 3 aromatic rings. The van der Waals surface area contributed by atoms with Crippen molar-refractivity contribution >= 4 is 53.5 Å². The van der Waals surface area contributed by atoms with Gasteiger partial charge in [-0.15, -0.1) is 0 Å². The molecule has 256 valence electrons. The number of ether oxygens (including phenoxy) is 1. The second-order valence-corrected chi connectivity index (χ2v) is 10.9. The van der Waals surface area contributed by atoms with E-state index in [0.717, 1.165) is 42.7 Å². The molecule has 1 saturated heterocycles. The maximum Gasteiger partial charge on any atom is 0.290 e. The summed E-state index contributed by atoms with van der Waals surface area (Å²) in [6.45, 7) is 1.87. The molecular weight excluding hydrogens is 642 g/mol. The van der Waals surface area contributed by atoms with Gasteiger partial charge in [-0.25, -0.2) is 16.7 Å². The number of imidazole rings is 1. The molecule has 0 radical (unpaired) electrons. The quantitative estimate of drug-likeness (QED) is 0.0446. The van der Waals surface area contributed by atoms with Gasteiger partial charge in [0.1, 0.15) is 24.3 Å². The fourth-order valence-electron chi connectivity index (χ4n) is 4.75. The van der Waals surface area contributed by atoms with Crippen LogP contribution < -0.4 is 38.5 Å². The smallest absolute Gasteiger partial charge is 0.290 e. The Labute approximate surface area is 282 Å². The van der Waals surface area contributed by atoms with E-state index in [1.54, 1.807) is 24.3 Å². The molecule has 16 nitrogen and oxygen atoms in total. The summed E-state index contributed by atoms with van der Waals surface area (Å²) in [6.07, 6.45) is 7.91. The van der Waals surface area contributed by atoms with Crippen LogP contribution in [0.1, 0.15) is 48.8 Å². The number of nitrogens with zero attached hydrogens (tertiary/aromatic N) is 4. The maximum absolute atomic E-state index is 13.0. The van der Waals surface area contributed by atoms with Crippen molar-refractivity contribution in [3.05, 3.63) is 64.6 Å². The Kier molecular flexibility index (Phi) is 15.1. The molecule has 0 unspecified atom stereocenters. The zero-order valence-corrected chi connectivity index (χ0v) is 27.1. The highest BCUT2D eigenvalue weighted by Crippen LogP contribution is 2.34. The summed E-state index contributed by atoms with van der Waals surface area (Å²) >= 11 is 6.16. The third-order valence-electron chi connectivity index (χ3n) is 7.21. The van der Waals surface area contributed by atoms with Gasteiger partial charge >= 0.3 is 0 Å². The summed E-state index contributed by atoms with van der Waals surface area (Å²) in [5.41, 5.74) is 4.76. The summed E-state index contributed by atoms with van der Waals surface area (Å²) in [6, 6.07) is 12.8. The largest absolute Gasteiger partial charge is 0.483 e. The number of nitrogens with two attached hydrogens (primary N) is 3. The molecule has 3 heterocycles. The molecule has 2 aliphatic rings. The molecule has 5 rings (SSSR count). The molecule has 48 heavy (non-hydrogen) atoms. The van der Waals surface area contributed by atoms with Crippen LogP contribution in [0.2, 0.25) is 5.02 Å². The number of carbonyl (C=O) groups is 2. The van der Waals surface area contributed by atoms with Crippen LogP contribution in [0.5, 0.6) is 0 Å². The topological polar surface area (TPSA) is 255 Å². The lowest BCUT2D eigenvalue weighted by Gasteiger charge is -2.22. The molecule has 11 N–H and O–H groups in total. The second kappa shape index (κ2) is 19.5. The highest BCUT2D eigenvalue weighted by atomic mass is 35.5. The Balaban J connectivity index is 0.000000607. The Morgan fingerprint density at radius 1 is 1.27 bits per heavy atom. The highest BCUT2D eigenvalue weighted by Gasteiger charge is 2.23. The Bertz CT molecular complexity index is 1600. The summed E-state index contributed by atoms with van der Waals surface area (Å²) < 4.78 is 4.72. The number of halogens is 1. The summed E-state index contributed by atoms with van der Waals surface area (Å²) in [5.74, 6) is 16.2. The number of hydrogen-bond donors (Lipinski definition) is 8. The molecule has 17 heteroatoms. The van der Waals surface area contributed by atoms with Crippen LogP contribution in [0.3, 0.4) is 0 Å². The lowest BCUT2D eigenvalue weighted by molar-refractivity contribution is -0.131. The number of aromatic nitrogens is 2. The van der Waals surface area contributed by atoms with E-state index in [2.05, 4.69) is 41.9 Å². The molecule has 2 bridgehead atoms. The monoisotopic (exact) mass is 681 g/mol. The molecule has 2 aliphatic heterocycles. The summed E-state index contributed by atoms with van der Waals surface area (Å²) in [7, 11) is 1.86. The van der Waals surface area contributed by atoms with Gasteiger partial charge in [0, 0.05) is 47.2 Å². The van der Waals surface area contributed by atoms with E-state index >= 15 is 0 Å². The first-order valence-corrected chi connectivity index (χ1v) is 15.3. The van der Waals surface area contributed by atoms with Crippen LogP contribution in [0.4, 0.5) is 17.1 Å². The van der Waals surface area contributed by atoms with Crippen molar-refractivity contribution in [2.24, 2.45) is 22.7 Å². The van der Waals surface area contributed by atoms with E-state index < -0.39 is 6.04 Å². The number of H-pyrrole nitrogens is 1. The Morgan fingerprint density at radius 3 is 2.67 bits per heavy atom. The van der Waals surface area contributed by atoms with Crippen molar-refractivity contribution in [2.75, 3.05) is 42.4 Å². The SMILES string of the molecule is CNc1ccc2c(c1)NCCCCC[C@H](NC(=O)/C=C/c1cc(Cl)ccc1N(N)/C=N\N)c1nc(C#N)c-2[nH]1.NOC1COC1.O=CO. The van der Waals surface area contributed by atoms with E-state index in [-0.39, 0.29) is 24.2 Å². The minimum Gasteiger partial charge on any atom is -0.483 e. The molecule has 1 atom stereocenters. The number of carbonyl (C=O) groups excluding carboxylic acids is 1. The first-order valence-electron chi connectivity index (χ1n) is 14.9. The van der Waals surface area contributed by atoms with Crippen LogP contribution in [-0.2, 0) is 19.2 Å². The Morgan fingerprint density at radius 2 is 2.04 bits per heavy atom. The Hall–Kier alpha value is -5.18. The second-order valence-electron chi connectivity index (χ2n) is 10.4. The van der Waals surface area contributed by atoms with Crippen molar-refractivity contribution in [3.8, 4) is 17.3 Å². The van der Waals surface area contributed by atoms with Crippen molar-refractivity contribution in [1.29, 1.82) is 5.26 Å². The number of aromatic amines is 1. The fourth-order valence-corrected chi connectivity index (χ4v) is 4.93. The molecule has 0 aliphatic carbocycles. The van der Waals surface area contributed by atoms with Gasteiger partial charge in [0.25, 0.3) is 6.47 Å². The van der Waals surface area contributed by atoms with Crippen molar-refractivity contribution in [1.82, 2.24) is 15.3 Å². The minimum atomic E-state index is -0.412. The third-order valence-corrected chi connectivity index (χ3v) is 7.45. The average Bonchev–Trinajstić information content (AvgIpc) is 3.49. The summed E-state index contributed by atoms with van der Waals surface area (Å²) in [5, 5.41) is 31.6. The number of hydrazone groups is 1. The molecule has 1 fully saturated rings. The normalized spacial score (nSPS) is 15.8. The first kappa shape index (κ1) is 37.3. The number of amides is 1. The van der Waals surface area contributed by atoms with Crippen molar-refractivity contribution in [3.63, 3.8) is 0 Å². The molecule has 0 saturated carbocycles. The number of carboxylic acid groups (broad SMARTS) is 1. The number of anilines is 3. The average molecular weight is 682 g/mol. The maximum atomic E-state index is 13.0. The zero-order valence-electron chi connectivity index (χ0n) is 26.4. The number of fused-ring (bicyclic) bond motifs is 4. The van der Waals surface area contributed by atoms with E-state index in [1.165, 1.54) is 17.4 Å². The minimum absolute atomic E-state index is 0.171. The number of hydrazine groups is 1. The molecular formula is C31H40ClN11O5. The predicted octanol–water partition coefficient (Wildman–Crippen LogP) is 3.06. The number of benzene rings is 2. The van der Waals surface area contributed by atoms with Gasteiger partial charge < -0.3 is 36.6 Å². The van der Waals surface area contributed by atoms with Crippen LogP contribution in [0.15, 0.2) is 47.6 Å². The van der Waals surface area contributed by atoms with Gasteiger partial charge in [-0.05, 0) is 55.3 Å². The van der Waals surface area contributed by atoms with Crippen LogP contribution in [0.25, 0.3) is 17.3 Å². The van der Waals surface area contributed by atoms with Crippen LogP contribution >= 0.6 is 11.6 Å². The van der Waals surface area contributed by atoms with Crippen molar-refractivity contribution in [2.45, 2.75) is 37.8 Å². The number of hydrogen-bond acceptors (Lipinski definition) is 12. The molecule has 1 amide bonds. The zero-order chi connectivity index (χ0) is 34.9. The van der Waals surface area contributed by atoms with E-state index in [4.69, 9.17) is 43.8 Å². The lowest BCUT2D eigenvalue weighted by Crippen LogP contribution is -2.37. The number of nitrogens with one attached hydrogen (secondary N) is 4. The first-order chi connectivity index (χ1) is 23.3. The lowest BCUT2D eigenvalue weighted by atomic mass is 10.0. The molecule has 0 spiro atoms. The van der Waals surface area contributed by atoms with Crippen molar-refractivity contribution < 1.29 is 24.3 Å². The van der Waals surface area contributed by atoms with Gasteiger partial charge in [0.2, 0.25) is 5.91 Å². The van der Waals surface area contributed by atoms with E-state index in [9.17, 15) is 10.1 Å². The van der Waals surface area contributed by atoms with Gasteiger partial charge in [-0.1, -0.05) is 24.4 Å². The van der Waals surface area contributed by atoms with E-state index in [0.29, 0.717) is 47.4 Å². The van der Waals surface area contributed by atoms with Gasteiger partial charge in [-0.3, -0.25) is 19.4 Å². The molecule has 2 aromatic carbocycles. The standard InChI is InChI=1S/C27H31ClN10O.C3H7NO2.CH2O2/c1-32-19-8-9-20-22(14-19)33-12-4-2-3-5-21(27-36-23(15-29)26(20)37-27)35-25(39)11-6-17-13-18(28)7-10-24(17)38(31)16-34-30;4-6-3-1-5-2-3;2-1-3/h6-11,13-14,16,21,32-33H,2-5,12,30-31H2,1H3,(H,35,39)(H,36,37);3H,1-2,4H2;1H,(H,2,3)/b11-6+,34-16-;;/t21-;;/m0../s1. The van der Waals surface area contributed by atoms with Gasteiger partial charge in [-0.2, -0.15) is 10.4 Å². The predicted molar refractivity (Wildman–Crippen MR) is 185 cm³/mol. The highest BCUT2D eigenvalue weighted by molar-refractivity contribution is 6.30. The van der Waals surface area contributed by atoms with Crippen LogP contribution in [-0.4, -0.2) is 66.7 Å². The van der Waals surface area contributed by atoms with Gasteiger partial charge in [0.05, 0.1) is 30.6 Å². The molecule has 1 aromatic heterocycles.